The maximum absolute atomic E-state index is 11.1. The lowest BCUT2D eigenvalue weighted by Gasteiger charge is -2.07. The predicted molar refractivity (Wildman–Crippen MR) is 69.4 cm³/mol. The molecule has 0 fully saturated rings. The summed E-state index contributed by atoms with van der Waals surface area (Å²) in [6.45, 7) is 1.95. The largest absolute Gasteiger partial charge is 0.469 e. The minimum absolute atomic E-state index is 0.131. The molecule has 1 unspecified atom stereocenters. The molecule has 0 aliphatic rings. The van der Waals surface area contributed by atoms with Gasteiger partial charge in [-0.1, -0.05) is 12.1 Å². The molecule has 2 rings (SSSR count). The lowest BCUT2D eigenvalue weighted by Crippen LogP contribution is -2.08. The summed E-state index contributed by atoms with van der Waals surface area (Å²) >= 11 is 1.56. The summed E-state index contributed by atoms with van der Waals surface area (Å²) in [5.41, 5.74) is 0. The molecule has 2 heterocycles. The van der Waals surface area contributed by atoms with Crippen LogP contribution in [-0.2, 0) is 15.3 Å². The molecule has 102 valence electrons. The standard InChI is InChI=1S/C12H14N2O4S/c1-8(6-11(15)16-2)19-7-10-13-12(14-18-10)9-4-3-5-17-9/h3-5,8H,6-7H2,1-2H3. The molecule has 0 N–H and O–H groups in total. The van der Waals surface area contributed by atoms with Gasteiger partial charge in [-0.2, -0.15) is 4.98 Å². The first-order valence-corrected chi connectivity index (χ1v) is 6.79. The average molecular weight is 282 g/mol. The Hall–Kier alpha value is -1.76. The molecule has 19 heavy (non-hydrogen) atoms. The topological polar surface area (TPSA) is 78.4 Å². The van der Waals surface area contributed by atoms with E-state index in [1.807, 2.05) is 6.92 Å². The number of hydrogen-bond acceptors (Lipinski definition) is 7. The number of rotatable bonds is 6. The van der Waals surface area contributed by atoms with Crippen LogP contribution in [0.5, 0.6) is 0 Å². The van der Waals surface area contributed by atoms with Crippen LogP contribution in [0.3, 0.4) is 0 Å². The maximum Gasteiger partial charge on any atom is 0.306 e. The van der Waals surface area contributed by atoms with Crippen molar-refractivity contribution in [2.75, 3.05) is 7.11 Å². The van der Waals surface area contributed by atoms with Crippen LogP contribution >= 0.6 is 11.8 Å². The van der Waals surface area contributed by atoms with E-state index in [0.29, 0.717) is 29.6 Å². The number of furan rings is 1. The minimum atomic E-state index is -0.221. The van der Waals surface area contributed by atoms with Gasteiger partial charge in [-0.05, 0) is 12.1 Å². The number of esters is 1. The van der Waals surface area contributed by atoms with Crippen LogP contribution in [0.1, 0.15) is 19.2 Å². The van der Waals surface area contributed by atoms with Crippen LogP contribution in [0.2, 0.25) is 0 Å². The van der Waals surface area contributed by atoms with Gasteiger partial charge >= 0.3 is 5.97 Å². The van der Waals surface area contributed by atoms with E-state index in [4.69, 9.17) is 8.94 Å². The van der Waals surface area contributed by atoms with Crippen LogP contribution in [0.25, 0.3) is 11.6 Å². The third-order valence-electron chi connectivity index (χ3n) is 2.38. The van der Waals surface area contributed by atoms with Crippen LogP contribution in [0, 0.1) is 0 Å². The van der Waals surface area contributed by atoms with Crippen molar-refractivity contribution < 1.29 is 18.5 Å². The SMILES string of the molecule is COC(=O)CC(C)SCc1nc(-c2ccco2)no1. The lowest BCUT2D eigenvalue weighted by molar-refractivity contribution is -0.140. The van der Waals surface area contributed by atoms with Crippen molar-refractivity contribution in [2.24, 2.45) is 0 Å². The summed E-state index contributed by atoms with van der Waals surface area (Å²) in [7, 11) is 1.38. The zero-order valence-corrected chi connectivity index (χ0v) is 11.5. The molecule has 1 atom stereocenters. The fourth-order valence-corrected chi connectivity index (χ4v) is 2.21. The van der Waals surface area contributed by atoms with Crippen LogP contribution in [0.4, 0.5) is 0 Å². The number of nitrogens with zero attached hydrogens (tertiary/aromatic N) is 2. The molecule has 0 aromatic carbocycles. The highest BCUT2D eigenvalue weighted by Crippen LogP contribution is 2.22. The van der Waals surface area contributed by atoms with Gasteiger partial charge in [0.25, 0.3) is 0 Å². The van der Waals surface area contributed by atoms with Crippen LogP contribution in [-0.4, -0.2) is 28.5 Å². The molecule has 0 aliphatic heterocycles. The Balaban J connectivity index is 1.85. The molecular formula is C12H14N2O4S. The zero-order valence-electron chi connectivity index (χ0n) is 10.7. The highest BCUT2D eigenvalue weighted by molar-refractivity contribution is 7.99. The molecule has 0 amide bonds. The first-order valence-electron chi connectivity index (χ1n) is 5.74. The normalized spacial score (nSPS) is 12.3. The molecular weight excluding hydrogens is 268 g/mol. The average Bonchev–Trinajstić information content (AvgIpc) is 3.06. The van der Waals surface area contributed by atoms with E-state index < -0.39 is 0 Å². The Kier molecular flexibility index (Phi) is 4.62. The number of hydrogen-bond donors (Lipinski definition) is 0. The second kappa shape index (κ2) is 6.42. The highest BCUT2D eigenvalue weighted by Gasteiger charge is 2.14. The molecule has 2 aromatic heterocycles. The van der Waals surface area contributed by atoms with Crippen molar-refractivity contribution in [1.29, 1.82) is 0 Å². The molecule has 2 aromatic rings. The van der Waals surface area contributed by atoms with E-state index in [2.05, 4.69) is 14.9 Å². The molecule has 0 spiro atoms. The molecule has 0 saturated heterocycles. The van der Waals surface area contributed by atoms with Gasteiger partial charge in [0.2, 0.25) is 11.7 Å². The summed E-state index contributed by atoms with van der Waals surface area (Å²) < 4.78 is 14.9. The van der Waals surface area contributed by atoms with Crippen molar-refractivity contribution in [3.63, 3.8) is 0 Å². The molecule has 0 saturated carbocycles. The second-order valence-electron chi connectivity index (χ2n) is 3.89. The van der Waals surface area contributed by atoms with Crippen molar-refractivity contribution in [1.82, 2.24) is 10.1 Å². The summed E-state index contributed by atoms with van der Waals surface area (Å²) in [6, 6.07) is 3.53. The van der Waals surface area contributed by atoms with Gasteiger partial charge < -0.3 is 13.7 Å². The van der Waals surface area contributed by atoms with Gasteiger partial charge in [0.15, 0.2) is 5.76 Å². The van der Waals surface area contributed by atoms with Crippen molar-refractivity contribution in [2.45, 2.75) is 24.3 Å². The van der Waals surface area contributed by atoms with Crippen molar-refractivity contribution in [3.05, 3.63) is 24.3 Å². The Labute approximate surface area is 114 Å². The van der Waals surface area contributed by atoms with Gasteiger partial charge in [0, 0.05) is 5.25 Å². The first-order chi connectivity index (χ1) is 9.19. The van der Waals surface area contributed by atoms with E-state index in [1.54, 1.807) is 30.2 Å². The number of thioether (sulfide) groups is 1. The lowest BCUT2D eigenvalue weighted by atomic mass is 10.3. The second-order valence-corrected chi connectivity index (χ2v) is 5.32. The Morgan fingerprint density at radius 1 is 1.58 bits per heavy atom. The van der Waals surface area contributed by atoms with E-state index >= 15 is 0 Å². The highest BCUT2D eigenvalue weighted by atomic mass is 32.2. The van der Waals surface area contributed by atoms with E-state index in [0.717, 1.165) is 0 Å². The van der Waals surface area contributed by atoms with Crippen molar-refractivity contribution in [3.8, 4) is 11.6 Å². The summed E-state index contributed by atoms with van der Waals surface area (Å²) in [5.74, 6) is 1.84. The summed E-state index contributed by atoms with van der Waals surface area (Å²) in [4.78, 5) is 15.3. The molecule has 0 aliphatic carbocycles. The third-order valence-corrected chi connectivity index (χ3v) is 3.53. The fraction of sp³-hybridized carbons (Fsp3) is 0.417. The van der Waals surface area contributed by atoms with E-state index in [-0.39, 0.29) is 11.2 Å². The Morgan fingerprint density at radius 3 is 3.11 bits per heavy atom. The Bertz CT molecular complexity index is 524. The number of carbonyl (C=O) groups is 1. The monoisotopic (exact) mass is 282 g/mol. The van der Waals surface area contributed by atoms with Crippen LogP contribution in [0.15, 0.2) is 27.3 Å². The van der Waals surface area contributed by atoms with Crippen LogP contribution < -0.4 is 0 Å². The maximum atomic E-state index is 11.1. The van der Waals surface area contributed by atoms with Gasteiger partial charge in [-0.25, -0.2) is 0 Å². The third kappa shape index (κ3) is 3.85. The van der Waals surface area contributed by atoms with Gasteiger partial charge in [-0.3, -0.25) is 4.79 Å². The van der Waals surface area contributed by atoms with E-state index in [1.165, 1.54) is 7.11 Å². The fourth-order valence-electron chi connectivity index (χ4n) is 1.41. The first kappa shape index (κ1) is 13.7. The summed E-state index contributed by atoms with van der Waals surface area (Å²) in [6.07, 6.45) is 1.92. The van der Waals surface area contributed by atoms with E-state index in [9.17, 15) is 4.79 Å². The molecule has 6 nitrogen and oxygen atoms in total. The quantitative estimate of drug-likeness (QED) is 0.753. The number of aromatic nitrogens is 2. The predicted octanol–water partition coefficient (Wildman–Crippen LogP) is 2.51. The molecule has 0 bridgehead atoms. The van der Waals surface area contributed by atoms with Gasteiger partial charge in [0.1, 0.15) is 0 Å². The van der Waals surface area contributed by atoms with Crippen molar-refractivity contribution >= 4 is 17.7 Å². The number of ether oxygens (including phenoxy) is 1. The summed E-state index contributed by atoms with van der Waals surface area (Å²) in [5, 5.41) is 3.96. The smallest absolute Gasteiger partial charge is 0.306 e. The molecule has 0 radical (unpaired) electrons. The number of methoxy groups -OCH3 is 1. The number of carbonyl (C=O) groups excluding carboxylic acids is 1. The molecule has 7 heteroatoms. The Morgan fingerprint density at radius 2 is 2.42 bits per heavy atom. The minimum Gasteiger partial charge on any atom is -0.469 e. The van der Waals surface area contributed by atoms with Gasteiger partial charge in [0.05, 0.1) is 25.5 Å². The zero-order chi connectivity index (χ0) is 13.7. The van der Waals surface area contributed by atoms with Gasteiger partial charge in [-0.15, -0.1) is 11.8 Å².